The van der Waals surface area contributed by atoms with Gasteiger partial charge in [0.15, 0.2) is 0 Å². The first-order valence-electron chi connectivity index (χ1n) is 10.4. The molecule has 0 spiro atoms. The second kappa shape index (κ2) is 9.26. The van der Waals surface area contributed by atoms with Crippen LogP contribution in [0.3, 0.4) is 0 Å². The number of aromatic nitrogens is 2. The van der Waals surface area contributed by atoms with E-state index in [2.05, 4.69) is 52.7 Å². The molecule has 2 aromatic carbocycles. The number of rotatable bonds is 5. The van der Waals surface area contributed by atoms with Crippen LogP contribution in [-0.4, -0.2) is 46.0 Å². The second-order valence-corrected chi connectivity index (χ2v) is 8.35. The summed E-state index contributed by atoms with van der Waals surface area (Å²) in [6, 6.07) is 18.4. The normalized spacial score (nSPS) is 16.5. The Hall–Kier alpha value is -2.93. The number of nitrogens with one attached hydrogen (secondary N) is 1. The van der Waals surface area contributed by atoms with Gasteiger partial charge in [0.2, 0.25) is 5.13 Å². The molecule has 1 atom stereocenters. The summed E-state index contributed by atoms with van der Waals surface area (Å²) >= 11 is 1.44. The summed E-state index contributed by atoms with van der Waals surface area (Å²) in [5.41, 5.74) is 3.31. The Labute approximate surface area is 181 Å². The van der Waals surface area contributed by atoms with Gasteiger partial charge in [-0.3, -0.25) is 0 Å². The molecule has 30 heavy (non-hydrogen) atoms. The van der Waals surface area contributed by atoms with Crippen LogP contribution in [0.4, 0.5) is 15.6 Å². The van der Waals surface area contributed by atoms with Crippen LogP contribution in [0.2, 0.25) is 0 Å². The van der Waals surface area contributed by atoms with Crippen LogP contribution >= 0.6 is 11.5 Å². The van der Waals surface area contributed by atoms with Crippen molar-refractivity contribution in [1.29, 1.82) is 0 Å². The van der Waals surface area contributed by atoms with Gasteiger partial charge >= 0.3 is 6.03 Å². The third-order valence-electron chi connectivity index (χ3n) is 5.43. The molecule has 0 bridgehead atoms. The number of carbonyl (C=O) groups is 1. The summed E-state index contributed by atoms with van der Waals surface area (Å²) in [5, 5.41) is 3.96. The van der Waals surface area contributed by atoms with Crippen LogP contribution in [-0.2, 0) is 12.8 Å². The van der Waals surface area contributed by atoms with Crippen molar-refractivity contribution < 1.29 is 4.79 Å². The Balaban J connectivity index is 1.34. The number of hydrogen-bond donors (Lipinski definition) is 1. The van der Waals surface area contributed by atoms with Crippen LogP contribution in [0.25, 0.3) is 0 Å². The molecule has 1 saturated heterocycles. The number of urea groups is 1. The lowest BCUT2D eigenvalue weighted by Gasteiger charge is -2.39. The Kier molecular flexibility index (Phi) is 6.28. The molecule has 1 aliphatic heterocycles. The molecule has 2 heterocycles. The number of anilines is 2. The molecule has 1 fully saturated rings. The van der Waals surface area contributed by atoms with Crippen molar-refractivity contribution in [2.45, 2.75) is 32.7 Å². The maximum absolute atomic E-state index is 12.8. The molecule has 0 aliphatic carbocycles. The number of aryl methyl sites for hydroxylation is 1. The Morgan fingerprint density at radius 3 is 2.57 bits per heavy atom. The van der Waals surface area contributed by atoms with Gasteiger partial charge in [0, 0.05) is 49.3 Å². The van der Waals surface area contributed by atoms with Crippen molar-refractivity contribution in [3.05, 3.63) is 71.5 Å². The summed E-state index contributed by atoms with van der Waals surface area (Å²) in [6.45, 7) is 6.37. The summed E-state index contributed by atoms with van der Waals surface area (Å²) in [5.74, 6) is 0.851. The van der Waals surface area contributed by atoms with E-state index in [1.165, 1.54) is 22.7 Å². The predicted octanol–water partition coefficient (Wildman–Crippen LogP) is 4.43. The van der Waals surface area contributed by atoms with Crippen molar-refractivity contribution in [3.8, 4) is 0 Å². The average molecular weight is 422 g/mol. The molecule has 1 aromatic heterocycles. The molecule has 0 saturated carbocycles. The fraction of sp³-hybridized carbons (Fsp3) is 0.348. The smallest absolute Gasteiger partial charge is 0.322 e. The summed E-state index contributed by atoms with van der Waals surface area (Å²) in [7, 11) is 0. The molecule has 156 valence electrons. The summed E-state index contributed by atoms with van der Waals surface area (Å²) in [6.07, 6.45) is 1.73. The highest BCUT2D eigenvalue weighted by atomic mass is 32.1. The molecule has 2 amide bonds. The van der Waals surface area contributed by atoms with Gasteiger partial charge in [0.1, 0.15) is 5.82 Å². The van der Waals surface area contributed by atoms with Gasteiger partial charge in [-0.15, -0.1) is 0 Å². The molecule has 1 aliphatic rings. The highest BCUT2D eigenvalue weighted by Gasteiger charge is 2.29. The molecular weight excluding hydrogens is 394 g/mol. The molecular formula is C23H27N5OS. The number of nitrogens with zero attached hydrogens (tertiary/aromatic N) is 4. The maximum Gasteiger partial charge on any atom is 0.322 e. The minimum Gasteiger partial charge on any atom is -0.343 e. The van der Waals surface area contributed by atoms with Crippen LogP contribution in [0.15, 0.2) is 54.6 Å². The van der Waals surface area contributed by atoms with Gasteiger partial charge in [-0.05, 0) is 36.6 Å². The monoisotopic (exact) mass is 421 g/mol. The van der Waals surface area contributed by atoms with E-state index in [1.807, 2.05) is 35.2 Å². The molecule has 1 unspecified atom stereocenters. The summed E-state index contributed by atoms with van der Waals surface area (Å²) in [4.78, 5) is 21.6. The van der Waals surface area contributed by atoms with Crippen molar-refractivity contribution in [2.24, 2.45) is 0 Å². The fourth-order valence-corrected chi connectivity index (χ4v) is 4.40. The zero-order valence-corrected chi connectivity index (χ0v) is 18.2. The molecule has 4 rings (SSSR count). The topological polar surface area (TPSA) is 61.4 Å². The average Bonchev–Trinajstić information content (AvgIpc) is 3.23. The first-order chi connectivity index (χ1) is 14.6. The van der Waals surface area contributed by atoms with E-state index in [-0.39, 0.29) is 12.1 Å². The third-order valence-corrected chi connectivity index (χ3v) is 6.25. The summed E-state index contributed by atoms with van der Waals surface area (Å²) < 4.78 is 4.53. The second-order valence-electron chi connectivity index (χ2n) is 7.62. The van der Waals surface area contributed by atoms with E-state index in [4.69, 9.17) is 4.98 Å². The van der Waals surface area contributed by atoms with E-state index in [1.54, 1.807) is 0 Å². The molecule has 3 aromatic rings. The Morgan fingerprint density at radius 2 is 1.87 bits per heavy atom. The van der Waals surface area contributed by atoms with E-state index in [0.29, 0.717) is 6.54 Å². The lowest BCUT2D eigenvalue weighted by molar-refractivity contribution is 0.185. The van der Waals surface area contributed by atoms with Gasteiger partial charge in [0.05, 0.1) is 0 Å². The van der Waals surface area contributed by atoms with Gasteiger partial charge < -0.3 is 15.1 Å². The zero-order chi connectivity index (χ0) is 20.9. The number of benzene rings is 2. The molecule has 6 nitrogen and oxygen atoms in total. The molecule has 1 N–H and O–H groups in total. The van der Waals surface area contributed by atoms with E-state index < -0.39 is 0 Å². The molecule has 7 heteroatoms. The van der Waals surface area contributed by atoms with E-state index in [0.717, 1.165) is 42.6 Å². The minimum absolute atomic E-state index is 0.0478. The van der Waals surface area contributed by atoms with Gasteiger partial charge in [-0.25, -0.2) is 9.78 Å². The van der Waals surface area contributed by atoms with Crippen LogP contribution < -0.4 is 10.2 Å². The van der Waals surface area contributed by atoms with E-state index >= 15 is 0 Å². The van der Waals surface area contributed by atoms with E-state index in [9.17, 15) is 4.79 Å². The van der Waals surface area contributed by atoms with Crippen molar-refractivity contribution in [3.63, 3.8) is 0 Å². The van der Waals surface area contributed by atoms with Crippen LogP contribution in [0, 0.1) is 0 Å². The van der Waals surface area contributed by atoms with Crippen LogP contribution in [0.1, 0.15) is 30.8 Å². The first-order valence-corrected chi connectivity index (χ1v) is 11.2. The lowest BCUT2D eigenvalue weighted by atomic mass is 10.1. The first kappa shape index (κ1) is 20.3. The highest BCUT2D eigenvalue weighted by molar-refractivity contribution is 7.09. The number of carbonyl (C=O) groups excluding carboxylic acids is 1. The highest BCUT2D eigenvalue weighted by Crippen LogP contribution is 2.23. The third kappa shape index (κ3) is 4.79. The Bertz CT molecular complexity index is 973. The van der Waals surface area contributed by atoms with Crippen molar-refractivity contribution >= 4 is 28.4 Å². The van der Waals surface area contributed by atoms with Crippen molar-refractivity contribution in [2.75, 3.05) is 29.9 Å². The van der Waals surface area contributed by atoms with Gasteiger partial charge in [-0.2, -0.15) is 4.37 Å². The standard InChI is InChI=1S/C23H27N5OS/c1-3-18-9-11-20(12-10-18)24-22(29)28-14-13-27(16-17(28)2)23-25-21(26-30-23)15-19-7-5-4-6-8-19/h4-12,17H,3,13-16H2,1-2H3,(H,24,29). The Morgan fingerprint density at radius 1 is 1.10 bits per heavy atom. The van der Waals surface area contributed by atoms with Gasteiger partial charge in [-0.1, -0.05) is 49.4 Å². The maximum atomic E-state index is 12.8. The zero-order valence-electron chi connectivity index (χ0n) is 17.4. The fourth-order valence-electron chi connectivity index (χ4n) is 3.68. The number of hydrogen-bond acceptors (Lipinski definition) is 5. The minimum atomic E-state index is -0.0478. The van der Waals surface area contributed by atoms with Crippen molar-refractivity contribution in [1.82, 2.24) is 14.3 Å². The lowest BCUT2D eigenvalue weighted by Crippen LogP contribution is -2.55. The quantitative estimate of drug-likeness (QED) is 0.662. The number of piperazine rings is 1. The SMILES string of the molecule is CCc1ccc(NC(=O)N2CCN(c3nc(Cc4ccccc4)ns3)CC2C)cc1. The van der Waals surface area contributed by atoms with Crippen LogP contribution in [0.5, 0.6) is 0 Å². The molecule has 0 radical (unpaired) electrons. The largest absolute Gasteiger partial charge is 0.343 e. The van der Waals surface area contributed by atoms with Gasteiger partial charge in [0.25, 0.3) is 0 Å². The number of amides is 2. The predicted molar refractivity (Wildman–Crippen MR) is 122 cm³/mol.